The van der Waals surface area contributed by atoms with Gasteiger partial charge in [-0.15, -0.1) is 10.2 Å². The number of aromatic nitrogens is 2. The van der Waals surface area contributed by atoms with Crippen molar-refractivity contribution in [3.63, 3.8) is 0 Å². The fourth-order valence-corrected chi connectivity index (χ4v) is 2.53. The van der Waals surface area contributed by atoms with Crippen molar-refractivity contribution in [2.24, 2.45) is 5.92 Å². The average Bonchev–Trinajstić information content (AvgIpc) is 2.99. The Morgan fingerprint density at radius 1 is 1.32 bits per heavy atom. The first-order valence-corrected chi connectivity index (χ1v) is 8.31. The van der Waals surface area contributed by atoms with Crippen molar-refractivity contribution >= 4 is 22.4 Å². The van der Waals surface area contributed by atoms with E-state index in [0.717, 1.165) is 30.0 Å². The molecule has 0 saturated carbocycles. The third-order valence-corrected chi connectivity index (χ3v) is 4.20. The van der Waals surface area contributed by atoms with Gasteiger partial charge in [-0.3, -0.25) is 4.79 Å². The Bertz CT molecular complexity index is 586. The molecule has 0 bridgehead atoms. The van der Waals surface area contributed by atoms with Gasteiger partial charge in [0.25, 0.3) is 0 Å². The molecule has 5 nitrogen and oxygen atoms in total. The van der Waals surface area contributed by atoms with E-state index in [1.165, 1.54) is 11.3 Å². The number of anilines is 1. The quantitative estimate of drug-likeness (QED) is 0.756. The summed E-state index contributed by atoms with van der Waals surface area (Å²) in [6.07, 6.45) is 2.47. The molecule has 2 rings (SSSR count). The standard InChI is InChI=1S/C16H21N3O2S/c1-3-12(2)15(20)17-16-19-18-14(22-16)10-7-11-21-13-8-5-4-6-9-13/h4-6,8-9,12H,3,7,10-11H2,1-2H3,(H,17,19,20)/t12-/m1/s1. The minimum absolute atomic E-state index is 0.00221. The summed E-state index contributed by atoms with van der Waals surface area (Å²) in [5, 5.41) is 12.4. The lowest BCUT2D eigenvalue weighted by molar-refractivity contribution is -0.119. The van der Waals surface area contributed by atoms with Crippen LogP contribution in [0.5, 0.6) is 5.75 Å². The number of nitrogens with one attached hydrogen (secondary N) is 1. The van der Waals surface area contributed by atoms with E-state index in [1.54, 1.807) is 0 Å². The van der Waals surface area contributed by atoms with Gasteiger partial charge in [-0.1, -0.05) is 43.4 Å². The molecule has 118 valence electrons. The molecule has 0 spiro atoms. The zero-order valence-electron chi connectivity index (χ0n) is 12.9. The number of nitrogens with zero attached hydrogens (tertiary/aromatic N) is 2. The van der Waals surface area contributed by atoms with Crippen LogP contribution in [0.4, 0.5) is 5.13 Å². The highest BCUT2D eigenvalue weighted by molar-refractivity contribution is 7.15. The molecule has 22 heavy (non-hydrogen) atoms. The van der Waals surface area contributed by atoms with Gasteiger partial charge in [-0.05, 0) is 25.0 Å². The molecule has 0 aliphatic carbocycles. The number of carbonyl (C=O) groups excluding carboxylic acids is 1. The van der Waals surface area contributed by atoms with Crippen LogP contribution in [0.2, 0.25) is 0 Å². The number of ether oxygens (including phenoxy) is 1. The van der Waals surface area contributed by atoms with Crippen molar-refractivity contribution in [2.75, 3.05) is 11.9 Å². The van der Waals surface area contributed by atoms with E-state index < -0.39 is 0 Å². The predicted molar refractivity (Wildman–Crippen MR) is 88.3 cm³/mol. The molecule has 0 radical (unpaired) electrons. The summed E-state index contributed by atoms with van der Waals surface area (Å²) >= 11 is 1.43. The van der Waals surface area contributed by atoms with Gasteiger partial charge < -0.3 is 10.1 Å². The van der Waals surface area contributed by atoms with Crippen LogP contribution in [-0.2, 0) is 11.2 Å². The second-order valence-electron chi connectivity index (χ2n) is 5.06. The fraction of sp³-hybridized carbons (Fsp3) is 0.438. The van der Waals surface area contributed by atoms with Crippen molar-refractivity contribution in [1.82, 2.24) is 10.2 Å². The molecule has 1 heterocycles. The Labute approximate surface area is 134 Å². The second-order valence-corrected chi connectivity index (χ2v) is 6.13. The van der Waals surface area contributed by atoms with Crippen LogP contribution in [0.1, 0.15) is 31.7 Å². The minimum Gasteiger partial charge on any atom is -0.494 e. The molecule has 2 aromatic rings. The molecule has 1 N–H and O–H groups in total. The van der Waals surface area contributed by atoms with Crippen LogP contribution in [0.15, 0.2) is 30.3 Å². The Balaban J connectivity index is 1.72. The molecule has 1 atom stereocenters. The van der Waals surface area contributed by atoms with Crippen LogP contribution in [0.3, 0.4) is 0 Å². The van der Waals surface area contributed by atoms with Crippen LogP contribution in [-0.4, -0.2) is 22.7 Å². The highest BCUT2D eigenvalue weighted by atomic mass is 32.1. The molecule has 0 aliphatic rings. The lowest BCUT2D eigenvalue weighted by atomic mass is 10.1. The molecule has 0 aliphatic heterocycles. The maximum atomic E-state index is 11.8. The van der Waals surface area contributed by atoms with E-state index in [2.05, 4.69) is 15.5 Å². The minimum atomic E-state index is -0.00776. The van der Waals surface area contributed by atoms with Gasteiger partial charge >= 0.3 is 0 Å². The molecule has 0 saturated heterocycles. The largest absolute Gasteiger partial charge is 0.494 e. The Hall–Kier alpha value is -1.95. The summed E-state index contributed by atoms with van der Waals surface area (Å²) in [6, 6.07) is 9.74. The molecule has 0 fully saturated rings. The SMILES string of the molecule is CC[C@@H](C)C(=O)Nc1nnc(CCCOc2ccccc2)s1. The highest BCUT2D eigenvalue weighted by Gasteiger charge is 2.13. The van der Waals surface area contributed by atoms with Crippen LogP contribution < -0.4 is 10.1 Å². The number of rotatable bonds is 8. The zero-order chi connectivity index (χ0) is 15.8. The van der Waals surface area contributed by atoms with E-state index in [1.807, 2.05) is 44.2 Å². The first kappa shape index (κ1) is 16.4. The topological polar surface area (TPSA) is 64.1 Å². The van der Waals surface area contributed by atoms with E-state index in [-0.39, 0.29) is 11.8 Å². The molecular formula is C16H21N3O2S. The third kappa shape index (κ3) is 5.11. The molecule has 1 aromatic heterocycles. The van der Waals surface area contributed by atoms with E-state index in [4.69, 9.17) is 4.74 Å². The predicted octanol–water partition coefficient (Wildman–Crippen LogP) is 3.53. The lowest BCUT2D eigenvalue weighted by Gasteiger charge is -2.06. The number of para-hydroxylation sites is 1. The summed E-state index contributed by atoms with van der Waals surface area (Å²) in [4.78, 5) is 11.8. The summed E-state index contributed by atoms with van der Waals surface area (Å²) in [6.45, 7) is 4.53. The number of carbonyl (C=O) groups is 1. The summed E-state index contributed by atoms with van der Waals surface area (Å²) in [5.41, 5.74) is 0. The third-order valence-electron chi connectivity index (χ3n) is 3.30. The number of aryl methyl sites for hydroxylation is 1. The summed E-state index contributed by atoms with van der Waals surface area (Å²) in [5.74, 6) is 0.866. The fourth-order valence-electron chi connectivity index (χ4n) is 1.75. The number of amides is 1. The summed E-state index contributed by atoms with van der Waals surface area (Å²) in [7, 11) is 0. The molecular weight excluding hydrogens is 298 g/mol. The second kappa shape index (κ2) is 8.48. The number of hydrogen-bond donors (Lipinski definition) is 1. The monoisotopic (exact) mass is 319 g/mol. The van der Waals surface area contributed by atoms with Gasteiger partial charge in [-0.25, -0.2) is 0 Å². The van der Waals surface area contributed by atoms with Crippen molar-refractivity contribution in [3.8, 4) is 5.75 Å². The Kier molecular flexibility index (Phi) is 6.33. The normalized spacial score (nSPS) is 11.9. The molecule has 1 aromatic carbocycles. The summed E-state index contributed by atoms with van der Waals surface area (Å²) < 4.78 is 5.63. The van der Waals surface area contributed by atoms with Crippen molar-refractivity contribution in [1.29, 1.82) is 0 Å². The Morgan fingerprint density at radius 3 is 2.82 bits per heavy atom. The molecule has 1 amide bonds. The van der Waals surface area contributed by atoms with Crippen LogP contribution >= 0.6 is 11.3 Å². The zero-order valence-corrected chi connectivity index (χ0v) is 13.7. The average molecular weight is 319 g/mol. The smallest absolute Gasteiger partial charge is 0.229 e. The highest BCUT2D eigenvalue weighted by Crippen LogP contribution is 2.18. The maximum absolute atomic E-state index is 11.8. The molecule has 6 heteroatoms. The van der Waals surface area contributed by atoms with Crippen molar-refractivity contribution in [2.45, 2.75) is 33.1 Å². The Morgan fingerprint density at radius 2 is 2.09 bits per heavy atom. The molecule has 0 unspecified atom stereocenters. The van der Waals surface area contributed by atoms with Gasteiger partial charge in [0, 0.05) is 12.3 Å². The number of benzene rings is 1. The van der Waals surface area contributed by atoms with Gasteiger partial charge in [-0.2, -0.15) is 0 Å². The lowest BCUT2D eigenvalue weighted by Crippen LogP contribution is -2.19. The van der Waals surface area contributed by atoms with E-state index >= 15 is 0 Å². The van der Waals surface area contributed by atoms with Gasteiger partial charge in [0.05, 0.1) is 6.61 Å². The van der Waals surface area contributed by atoms with Crippen LogP contribution in [0.25, 0.3) is 0 Å². The van der Waals surface area contributed by atoms with Crippen LogP contribution in [0, 0.1) is 5.92 Å². The first-order valence-electron chi connectivity index (χ1n) is 7.50. The maximum Gasteiger partial charge on any atom is 0.229 e. The number of hydrogen-bond acceptors (Lipinski definition) is 5. The van der Waals surface area contributed by atoms with Crippen molar-refractivity contribution in [3.05, 3.63) is 35.3 Å². The van der Waals surface area contributed by atoms with Gasteiger partial charge in [0.15, 0.2) is 0 Å². The van der Waals surface area contributed by atoms with Gasteiger partial charge in [0.1, 0.15) is 10.8 Å². The van der Waals surface area contributed by atoms with Gasteiger partial charge in [0.2, 0.25) is 11.0 Å². The van der Waals surface area contributed by atoms with Crippen molar-refractivity contribution < 1.29 is 9.53 Å². The van der Waals surface area contributed by atoms with E-state index in [9.17, 15) is 4.79 Å². The first-order chi connectivity index (χ1) is 10.7. The van der Waals surface area contributed by atoms with E-state index in [0.29, 0.717) is 11.7 Å².